The van der Waals surface area contributed by atoms with Crippen molar-refractivity contribution >= 4 is 10.8 Å². The Hall–Kier alpha value is -1.65. The Bertz CT molecular complexity index is 582. The number of ether oxygens (including phenoxy) is 2. The molecule has 0 amide bonds. The summed E-state index contributed by atoms with van der Waals surface area (Å²) < 4.78 is 10.8. The van der Waals surface area contributed by atoms with Crippen LogP contribution in [0.3, 0.4) is 0 Å². The lowest BCUT2D eigenvalue weighted by atomic mass is 10.1. The summed E-state index contributed by atoms with van der Waals surface area (Å²) in [5.74, 6) is 0.702. The number of benzene rings is 1. The standard InChI is InChI=1S/C16H20N2O2/c1-19-8-9-20-16-15-5-3-2-4-12(15)10-14(18-16)11-17-13-6-7-13/h2-5,10,13,17H,6-9,11H2,1H3. The number of nitrogens with one attached hydrogen (secondary N) is 1. The van der Waals surface area contributed by atoms with Crippen LogP contribution in [0.1, 0.15) is 18.5 Å². The van der Waals surface area contributed by atoms with E-state index in [-0.39, 0.29) is 0 Å². The van der Waals surface area contributed by atoms with E-state index in [1.165, 1.54) is 18.2 Å². The summed E-state index contributed by atoms with van der Waals surface area (Å²) in [6, 6.07) is 11.0. The van der Waals surface area contributed by atoms with Gasteiger partial charge < -0.3 is 14.8 Å². The maximum atomic E-state index is 5.76. The molecule has 1 aliphatic rings. The largest absolute Gasteiger partial charge is 0.475 e. The van der Waals surface area contributed by atoms with Gasteiger partial charge in [-0.15, -0.1) is 0 Å². The maximum Gasteiger partial charge on any atom is 0.221 e. The van der Waals surface area contributed by atoms with E-state index in [0.29, 0.717) is 25.1 Å². The fourth-order valence-corrected chi connectivity index (χ4v) is 2.18. The average molecular weight is 272 g/mol. The van der Waals surface area contributed by atoms with Crippen molar-refractivity contribution in [1.82, 2.24) is 10.3 Å². The number of fused-ring (bicyclic) bond motifs is 1. The third-order valence-electron chi connectivity index (χ3n) is 3.43. The van der Waals surface area contributed by atoms with E-state index in [0.717, 1.165) is 17.6 Å². The number of rotatable bonds is 7. The van der Waals surface area contributed by atoms with E-state index in [1.807, 2.05) is 18.2 Å². The number of hydrogen-bond acceptors (Lipinski definition) is 4. The number of pyridine rings is 1. The fraction of sp³-hybridized carbons (Fsp3) is 0.438. The summed E-state index contributed by atoms with van der Waals surface area (Å²) in [5.41, 5.74) is 1.03. The van der Waals surface area contributed by atoms with E-state index in [4.69, 9.17) is 9.47 Å². The molecule has 0 aliphatic heterocycles. The smallest absolute Gasteiger partial charge is 0.221 e. The summed E-state index contributed by atoms with van der Waals surface area (Å²) >= 11 is 0. The van der Waals surface area contributed by atoms with Gasteiger partial charge in [-0.05, 0) is 30.4 Å². The molecule has 0 spiro atoms. The normalized spacial score (nSPS) is 14.7. The summed E-state index contributed by atoms with van der Waals surface area (Å²) in [5, 5.41) is 5.71. The molecule has 0 radical (unpaired) electrons. The van der Waals surface area contributed by atoms with Crippen LogP contribution in [0.4, 0.5) is 0 Å². The Labute approximate surface area is 119 Å². The zero-order valence-corrected chi connectivity index (χ0v) is 11.8. The summed E-state index contributed by atoms with van der Waals surface area (Å²) in [6.07, 6.45) is 2.57. The highest BCUT2D eigenvalue weighted by atomic mass is 16.5. The minimum Gasteiger partial charge on any atom is -0.475 e. The first-order chi connectivity index (χ1) is 9.86. The average Bonchev–Trinajstić information content (AvgIpc) is 3.29. The van der Waals surface area contributed by atoms with Crippen molar-refractivity contribution in [1.29, 1.82) is 0 Å². The van der Waals surface area contributed by atoms with Crippen LogP contribution in [-0.2, 0) is 11.3 Å². The van der Waals surface area contributed by atoms with Gasteiger partial charge in [-0.1, -0.05) is 18.2 Å². The molecule has 106 valence electrons. The maximum absolute atomic E-state index is 5.76. The van der Waals surface area contributed by atoms with Crippen molar-refractivity contribution in [3.63, 3.8) is 0 Å². The third-order valence-corrected chi connectivity index (χ3v) is 3.43. The van der Waals surface area contributed by atoms with Gasteiger partial charge in [0.1, 0.15) is 6.61 Å². The molecule has 1 fully saturated rings. The third kappa shape index (κ3) is 3.26. The van der Waals surface area contributed by atoms with Crippen molar-refractivity contribution in [2.45, 2.75) is 25.4 Å². The monoisotopic (exact) mass is 272 g/mol. The predicted molar refractivity (Wildman–Crippen MR) is 79.0 cm³/mol. The van der Waals surface area contributed by atoms with Crippen LogP contribution >= 0.6 is 0 Å². The van der Waals surface area contributed by atoms with Crippen LogP contribution in [0.5, 0.6) is 5.88 Å². The van der Waals surface area contributed by atoms with Gasteiger partial charge in [-0.2, -0.15) is 0 Å². The second-order valence-electron chi connectivity index (χ2n) is 5.14. The highest BCUT2D eigenvalue weighted by molar-refractivity contribution is 5.87. The predicted octanol–water partition coefficient (Wildman–Crippen LogP) is 2.51. The molecule has 0 unspecified atom stereocenters. The lowest BCUT2D eigenvalue weighted by Gasteiger charge is -2.11. The molecule has 1 N–H and O–H groups in total. The molecule has 3 rings (SSSR count). The summed E-state index contributed by atoms with van der Waals surface area (Å²) in [4.78, 5) is 4.63. The molecule has 1 aliphatic carbocycles. The van der Waals surface area contributed by atoms with Gasteiger partial charge in [0.2, 0.25) is 5.88 Å². The summed E-state index contributed by atoms with van der Waals surface area (Å²) in [7, 11) is 1.67. The Kier molecular flexibility index (Phi) is 4.14. The lowest BCUT2D eigenvalue weighted by molar-refractivity contribution is 0.144. The molecular weight excluding hydrogens is 252 g/mol. The van der Waals surface area contributed by atoms with Gasteiger partial charge in [-0.25, -0.2) is 4.98 Å². The van der Waals surface area contributed by atoms with Crippen LogP contribution in [0, 0.1) is 0 Å². The Morgan fingerprint density at radius 3 is 2.90 bits per heavy atom. The zero-order valence-electron chi connectivity index (χ0n) is 11.8. The fourth-order valence-electron chi connectivity index (χ4n) is 2.18. The molecule has 0 bridgehead atoms. The van der Waals surface area contributed by atoms with Gasteiger partial charge >= 0.3 is 0 Å². The van der Waals surface area contributed by atoms with Crippen molar-refractivity contribution in [2.75, 3.05) is 20.3 Å². The SMILES string of the molecule is COCCOc1nc(CNC2CC2)cc2ccccc12. The number of nitrogens with zero attached hydrogens (tertiary/aromatic N) is 1. The highest BCUT2D eigenvalue weighted by Gasteiger charge is 2.20. The van der Waals surface area contributed by atoms with E-state index >= 15 is 0 Å². The molecule has 1 heterocycles. The molecule has 1 saturated carbocycles. The first kappa shape index (κ1) is 13.3. The molecular formula is C16H20N2O2. The molecule has 20 heavy (non-hydrogen) atoms. The van der Waals surface area contributed by atoms with Crippen molar-refractivity contribution in [3.05, 3.63) is 36.0 Å². The van der Waals surface area contributed by atoms with Gasteiger partial charge in [0.25, 0.3) is 0 Å². The Morgan fingerprint density at radius 1 is 1.25 bits per heavy atom. The van der Waals surface area contributed by atoms with E-state index in [2.05, 4.69) is 22.4 Å². The molecule has 0 atom stereocenters. The first-order valence-corrected chi connectivity index (χ1v) is 7.10. The molecule has 4 nitrogen and oxygen atoms in total. The van der Waals surface area contributed by atoms with Gasteiger partial charge in [-0.3, -0.25) is 0 Å². The molecule has 1 aromatic heterocycles. The first-order valence-electron chi connectivity index (χ1n) is 7.10. The number of hydrogen-bond donors (Lipinski definition) is 1. The topological polar surface area (TPSA) is 43.4 Å². The van der Waals surface area contributed by atoms with E-state index < -0.39 is 0 Å². The second-order valence-corrected chi connectivity index (χ2v) is 5.14. The molecule has 2 aromatic rings. The van der Waals surface area contributed by atoms with Gasteiger partial charge in [0.15, 0.2) is 0 Å². The lowest BCUT2D eigenvalue weighted by Crippen LogP contribution is -2.16. The number of methoxy groups -OCH3 is 1. The van der Waals surface area contributed by atoms with E-state index in [9.17, 15) is 0 Å². The molecule has 0 saturated heterocycles. The summed E-state index contributed by atoms with van der Waals surface area (Å²) in [6.45, 7) is 1.89. The van der Waals surface area contributed by atoms with Crippen molar-refractivity contribution < 1.29 is 9.47 Å². The van der Waals surface area contributed by atoms with Gasteiger partial charge in [0, 0.05) is 25.1 Å². The minimum absolute atomic E-state index is 0.521. The zero-order chi connectivity index (χ0) is 13.8. The van der Waals surface area contributed by atoms with E-state index in [1.54, 1.807) is 7.11 Å². The number of aromatic nitrogens is 1. The quantitative estimate of drug-likeness (QED) is 0.787. The molecule has 4 heteroatoms. The van der Waals surface area contributed by atoms with Crippen LogP contribution in [-0.4, -0.2) is 31.3 Å². The van der Waals surface area contributed by atoms with Crippen molar-refractivity contribution in [3.8, 4) is 5.88 Å². The second kappa shape index (κ2) is 6.20. The van der Waals surface area contributed by atoms with Crippen LogP contribution in [0.2, 0.25) is 0 Å². The highest BCUT2D eigenvalue weighted by Crippen LogP contribution is 2.25. The van der Waals surface area contributed by atoms with Crippen LogP contribution in [0.15, 0.2) is 30.3 Å². The Balaban J connectivity index is 1.83. The van der Waals surface area contributed by atoms with Gasteiger partial charge in [0.05, 0.1) is 12.3 Å². The van der Waals surface area contributed by atoms with Crippen molar-refractivity contribution in [2.24, 2.45) is 0 Å². The van der Waals surface area contributed by atoms with Crippen LogP contribution in [0.25, 0.3) is 10.8 Å². The molecule has 1 aromatic carbocycles. The minimum atomic E-state index is 0.521. The van der Waals surface area contributed by atoms with Crippen LogP contribution < -0.4 is 10.1 Å². The Morgan fingerprint density at radius 2 is 2.10 bits per heavy atom.